The normalized spacial score (nSPS) is 19.7. The Morgan fingerprint density at radius 3 is 2.82 bits per heavy atom. The first-order chi connectivity index (χ1) is 5.18. The number of carboxylic acids is 1. The maximum atomic E-state index is 10.1. The van der Waals surface area contributed by atoms with E-state index in [1.54, 1.807) is 0 Å². The van der Waals surface area contributed by atoms with Gasteiger partial charge in [-0.3, -0.25) is 4.79 Å². The third-order valence-corrected chi connectivity index (χ3v) is 1.84. The van der Waals surface area contributed by atoms with Gasteiger partial charge in [-0.15, -0.1) is 0 Å². The minimum atomic E-state index is -0.731. The van der Waals surface area contributed by atoms with Crippen molar-refractivity contribution >= 4 is 5.97 Å². The molecule has 0 aromatic heterocycles. The van der Waals surface area contributed by atoms with Crippen molar-refractivity contribution < 1.29 is 9.90 Å². The average Bonchev–Trinajstić information content (AvgIpc) is 1.83. The number of carbonyl (C=O) groups is 1. The molecule has 0 aliphatic carbocycles. The molecule has 0 amide bonds. The molecule has 0 spiro atoms. The molecule has 0 atom stereocenters. The molecule has 1 aliphatic heterocycles. The number of likely N-dealkylation sites (tertiary alicyclic amines) is 1. The highest BCUT2D eigenvalue weighted by molar-refractivity contribution is 5.66. The van der Waals surface area contributed by atoms with Crippen LogP contribution in [0.1, 0.15) is 6.42 Å². The van der Waals surface area contributed by atoms with Gasteiger partial charge in [0.2, 0.25) is 0 Å². The topological polar surface area (TPSA) is 52.6 Å². The Bertz CT molecular complexity index is 143. The predicted molar refractivity (Wildman–Crippen MR) is 41.5 cm³/mol. The van der Waals surface area contributed by atoms with Gasteiger partial charge >= 0.3 is 5.97 Å². The fourth-order valence-corrected chi connectivity index (χ4v) is 1.21. The van der Waals surface area contributed by atoms with Crippen LogP contribution in [0.2, 0.25) is 0 Å². The quantitative estimate of drug-likeness (QED) is 0.571. The first-order valence-corrected chi connectivity index (χ1v) is 3.82. The molecule has 64 valence electrons. The van der Waals surface area contributed by atoms with Crippen LogP contribution in [0.25, 0.3) is 0 Å². The number of carboxylic acid groups (broad SMARTS) is 1. The molecule has 1 heterocycles. The van der Waals surface area contributed by atoms with Crippen LogP contribution in [0.15, 0.2) is 0 Å². The second-order valence-electron chi connectivity index (χ2n) is 3.02. The molecule has 4 heteroatoms. The van der Waals surface area contributed by atoms with Gasteiger partial charge in [0, 0.05) is 25.7 Å². The Morgan fingerprint density at radius 2 is 2.36 bits per heavy atom. The molecule has 1 rings (SSSR count). The lowest BCUT2D eigenvalue weighted by Gasteiger charge is -2.36. The number of nitrogens with zero attached hydrogens (tertiary/aromatic N) is 1. The summed E-state index contributed by atoms with van der Waals surface area (Å²) >= 11 is 0. The van der Waals surface area contributed by atoms with E-state index in [4.69, 9.17) is 5.11 Å². The van der Waals surface area contributed by atoms with E-state index in [2.05, 4.69) is 17.3 Å². The first kappa shape index (κ1) is 8.49. The molecule has 11 heavy (non-hydrogen) atoms. The molecule has 0 aromatic carbocycles. The minimum absolute atomic E-state index is 0.222. The summed E-state index contributed by atoms with van der Waals surface area (Å²) in [6.07, 6.45) is 0.222. The van der Waals surface area contributed by atoms with Crippen LogP contribution in [0, 0.1) is 0 Å². The Hall–Kier alpha value is -0.610. The lowest BCUT2D eigenvalue weighted by molar-refractivity contribution is -0.136. The Kier molecular flexibility index (Phi) is 2.84. The number of aliphatic carboxylic acids is 1. The molecule has 0 saturated carbocycles. The fourth-order valence-electron chi connectivity index (χ4n) is 1.21. The van der Waals surface area contributed by atoms with Crippen molar-refractivity contribution in [2.24, 2.45) is 0 Å². The molecule has 1 fully saturated rings. The highest BCUT2D eigenvalue weighted by atomic mass is 16.4. The number of rotatable bonds is 4. The summed E-state index contributed by atoms with van der Waals surface area (Å²) in [4.78, 5) is 12.3. The summed E-state index contributed by atoms with van der Waals surface area (Å²) < 4.78 is 0. The molecule has 0 unspecified atom stereocenters. The predicted octanol–water partition coefficient (Wildman–Crippen LogP) is -0.635. The van der Waals surface area contributed by atoms with E-state index in [0.717, 1.165) is 13.1 Å². The van der Waals surface area contributed by atoms with Crippen molar-refractivity contribution in [1.29, 1.82) is 0 Å². The number of hydrogen-bond donors (Lipinski definition) is 2. The van der Waals surface area contributed by atoms with Crippen molar-refractivity contribution in [1.82, 2.24) is 10.2 Å². The van der Waals surface area contributed by atoms with E-state index in [1.807, 2.05) is 0 Å². The van der Waals surface area contributed by atoms with Gasteiger partial charge in [-0.1, -0.05) is 0 Å². The van der Waals surface area contributed by atoms with E-state index >= 15 is 0 Å². The van der Waals surface area contributed by atoms with Crippen molar-refractivity contribution in [3.8, 4) is 0 Å². The van der Waals surface area contributed by atoms with E-state index in [0.29, 0.717) is 12.6 Å². The molecular weight excluding hydrogens is 144 g/mol. The second kappa shape index (κ2) is 3.69. The zero-order valence-corrected chi connectivity index (χ0v) is 6.71. The molecular formula is C7H14N2O2. The van der Waals surface area contributed by atoms with Crippen LogP contribution in [0.5, 0.6) is 0 Å². The van der Waals surface area contributed by atoms with Gasteiger partial charge in [-0.05, 0) is 7.05 Å². The van der Waals surface area contributed by atoms with Crippen LogP contribution in [0.3, 0.4) is 0 Å². The standard InChI is InChI=1S/C7H14N2O2/c1-9-4-6(5-9)8-3-2-7(10)11/h6,8H,2-5H2,1H3,(H,10,11). The van der Waals surface area contributed by atoms with E-state index < -0.39 is 5.97 Å². The minimum Gasteiger partial charge on any atom is -0.481 e. The fraction of sp³-hybridized carbons (Fsp3) is 0.857. The van der Waals surface area contributed by atoms with E-state index in [1.165, 1.54) is 0 Å². The Labute approximate surface area is 66.2 Å². The summed E-state index contributed by atoms with van der Waals surface area (Å²) in [5, 5.41) is 11.5. The molecule has 0 aromatic rings. The molecule has 2 N–H and O–H groups in total. The highest BCUT2D eigenvalue weighted by Crippen LogP contribution is 2.02. The van der Waals surface area contributed by atoms with E-state index in [-0.39, 0.29) is 6.42 Å². The lowest BCUT2D eigenvalue weighted by atomic mass is 10.1. The van der Waals surface area contributed by atoms with Gasteiger partial charge in [0.05, 0.1) is 6.42 Å². The maximum Gasteiger partial charge on any atom is 0.304 e. The summed E-state index contributed by atoms with van der Waals surface area (Å²) in [5.74, 6) is -0.731. The van der Waals surface area contributed by atoms with Crippen LogP contribution in [-0.4, -0.2) is 48.7 Å². The van der Waals surface area contributed by atoms with Crippen molar-refractivity contribution in [3.63, 3.8) is 0 Å². The molecule has 0 radical (unpaired) electrons. The van der Waals surface area contributed by atoms with Gasteiger partial charge in [-0.25, -0.2) is 0 Å². The molecule has 4 nitrogen and oxygen atoms in total. The smallest absolute Gasteiger partial charge is 0.304 e. The summed E-state index contributed by atoms with van der Waals surface area (Å²) in [6, 6.07) is 0.513. The van der Waals surface area contributed by atoms with Gasteiger partial charge < -0.3 is 15.3 Å². The first-order valence-electron chi connectivity index (χ1n) is 3.82. The maximum absolute atomic E-state index is 10.1. The van der Waals surface area contributed by atoms with Gasteiger partial charge in [0.15, 0.2) is 0 Å². The summed E-state index contributed by atoms with van der Waals surface area (Å²) in [5.41, 5.74) is 0. The van der Waals surface area contributed by atoms with Gasteiger partial charge in [0.25, 0.3) is 0 Å². The van der Waals surface area contributed by atoms with Gasteiger partial charge in [-0.2, -0.15) is 0 Å². The van der Waals surface area contributed by atoms with Crippen molar-refractivity contribution in [2.75, 3.05) is 26.7 Å². The Morgan fingerprint density at radius 1 is 1.73 bits per heavy atom. The third kappa shape index (κ3) is 2.86. The highest BCUT2D eigenvalue weighted by Gasteiger charge is 2.21. The van der Waals surface area contributed by atoms with Crippen LogP contribution >= 0.6 is 0 Å². The molecule has 1 saturated heterocycles. The number of nitrogens with one attached hydrogen (secondary N) is 1. The monoisotopic (exact) mass is 158 g/mol. The Balaban J connectivity index is 1.92. The number of hydrogen-bond acceptors (Lipinski definition) is 3. The zero-order chi connectivity index (χ0) is 8.27. The van der Waals surface area contributed by atoms with Crippen LogP contribution in [-0.2, 0) is 4.79 Å². The zero-order valence-electron chi connectivity index (χ0n) is 6.71. The molecule has 1 aliphatic rings. The van der Waals surface area contributed by atoms with E-state index in [9.17, 15) is 4.79 Å². The van der Waals surface area contributed by atoms with Crippen molar-refractivity contribution in [2.45, 2.75) is 12.5 Å². The van der Waals surface area contributed by atoms with Crippen LogP contribution < -0.4 is 5.32 Å². The third-order valence-electron chi connectivity index (χ3n) is 1.84. The SMILES string of the molecule is CN1CC(NCCC(=O)O)C1. The summed E-state index contributed by atoms with van der Waals surface area (Å²) in [6.45, 7) is 2.67. The van der Waals surface area contributed by atoms with Crippen molar-refractivity contribution in [3.05, 3.63) is 0 Å². The molecule has 0 bridgehead atoms. The summed E-state index contributed by atoms with van der Waals surface area (Å²) in [7, 11) is 2.05. The largest absolute Gasteiger partial charge is 0.481 e. The second-order valence-corrected chi connectivity index (χ2v) is 3.02. The van der Waals surface area contributed by atoms with Gasteiger partial charge in [0.1, 0.15) is 0 Å². The van der Waals surface area contributed by atoms with Crippen LogP contribution in [0.4, 0.5) is 0 Å². The number of likely N-dealkylation sites (N-methyl/N-ethyl adjacent to an activating group) is 1. The average molecular weight is 158 g/mol. The lowest BCUT2D eigenvalue weighted by Crippen LogP contribution is -2.56.